The predicted octanol–water partition coefficient (Wildman–Crippen LogP) is 3.53. The number of amides is 1. The van der Waals surface area contributed by atoms with Crippen molar-refractivity contribution in [3.8, 4) is 10.6 Å². The summed E-state index contributed by atoms with van der Waals surface area (Å²) in [4.78, 5) is 23.5. The van der Waals surface area contributed by atoms with E-state index in [2.05, 4.69) is 32.3 Å². The number of piperidine rings is 1. The number of nitrogens with one attached hydrogen (secondary N) is 1. The molecule has 6 heteroatoms. The van der Waals surface area contributed by atoms with Gasteiger partial charge in [0.15, 0.2) is 0 Å². The van der Waals surface area contributed by atoms with Gasteiger partial charge in [0.1, 0.15) is 5.01 Å². The number of nitrogens with zero attached hydrogens (tertiary/aromatic N) is 3. The van der Waals surface area contributed by atoms with Crippen LogP contribution in [0.4, 0.5) is 0 Å². The van der Waals surface area contributed by atoms with Crippen molar-refractivity contribution in [1.82, 2.24) is 20.2 Å². The number of carbonyl (C=O) groups excluding carboxylic acids is 1. The topological polar surface area (TPSA) is 58.1 Å². The van der Waals surface area contributed by atoms with E-state index in [0.29, 0.717) is 6.42 Å². The van der Waals surface area contributed by atoms with Crippen LogP contribution in [0.15, 0.2) is 60.2 Å². The van der Waals surface area contributed by atoms with Gasteiger partial charge in [-0.2, -0.15) is 0 Å². The summed E-state index contributed by atoms with van der Waals surface area (Å²) in [6.07, 6.45) is 6.00. The highest BCUT2D eigenvalue weighted by atomic mass is 32.1. The van der Waals surface area contributed by atoms with Crippen LogP contribution in [0, 0.1) is 0 Å². The fourth-order valence-corrected chi connectivity index (χ4v) is 4.35. The first-order valence-electron chi connectivity index (χ1n) is 9.67. The first-order chi connectivity index (χ1) is 13.8. The molecule has 0 unspecified atom stereocenters. The number of carbonyl (C=O) groups is 1. The monoisotopic (exact) mass is 392 g/mol. The van der Waals surface area contributed by atoms with Gasteiger partial charge in [-0.25, -0.2) is 4.98 Å². The quantitative estimate of drug-likeness (QED) is 0.697. The second-order valence-electron chi connectivity index (χ2n) is 7.16. The van der Waals surface area contributed by atoms with Crippen LogP contribution in [0.1, 0.15) is 24.1 Å². The predicted molar refractivity (Wildman–Crippen MR) is 112 cm³/mol. The summed E-state index contributed by atoms with van der Waals surface area (Å²) < 4.78 is 0. The standard InChI is InChI=1S/C22H24N4OS/c27-21(14-20-16-28-22(25-20)18-4-2-1-3-5-18)24-19-8-12-26(13-9-19)15-17-6-10-23-11-7-17/h1-7,10-11,16,19H,8-9,12-15H2,(H,24,27). The van der Waals surface area contributed by atoms with E-state index in [1.807, 2.05) is 48.1 Å². The van der Waals surface area contributed by atoms with Crippen molar-refractivity contribution in [1.29, 1.82) is 0 Å². The highest BCUT2D eigenvalue weighted by Crippen LogP contribution is 2.23. The summed E-state index contributed by atoms with van der Waals surface area (Å²) in [6.45, 7) is 2.95. The Kier molecular flexibility index (Phi) is 6.09. The van der Waals surface area contributed by atoms with Gasteiger partial charge in [0.05, 0.1) is 12.1 Å². The average molecular weight is 393 g/mol. The lowest BCUT2D eigenvalue weighted by atomic mass is 10.0. The molecule has 1 saturated heterocycles. The van der Waals surface area contributed by atoms with Crippen LogP contribution in [0.2, 0.25) is 0 Å². The Hall–Kier alpha value is -2.57. The number of benzene rings is 1. The number of thiazole rings is 1. The smallest absolute Gasteiger partial charge is 0.226 e. The molecule has 144 valence electrons. The van der Waals surface area contributed by atoms with Gasteiger partial charge in [0.25, 0.3) is 0 Å². The van der Waals surface area contributed by atoms with Crippen molar-refractivity contribution in [3.63, 3.8) is 0 Å². The van der Waals surface area contributed by atoms with E-state index in [1.165, 1.54) is 5.56 Å². The Morgan fingerprint density at radius 1 is 1.11 bits per heavy atom. The minimum absolute atomic E-state index is 0.0671. The zero-order chi connectivity index (χ0) is 19.2. The van der Waals surface area contributed by atoms with Gasteiger partial charge >= 0.3 is 0 Å². The lowest BCUT2D eigenvalue weighted by molar-refractivity contribution is -0.121. The molecule has 1 amide bonds. The van der Waals surface area contributed by atoms with Crippen LogP contribution < -0.4 is 5.32 Å². The molecule has 1 fully saturated rings. The van der Waals surface area contributed by atoms with E-state index in [1.54, 1.807) is 11.3 Å². The van der Waals surface area contributed by atoms with Crippen LogP contribution in [-0.4, -0.2) is 39.9 Å². The van der Waals surface area contributed by atoms with Gasteiger partial charge in [-0.3, -0.25) is 14.7 Å². The van der Waals surface area contributed by atoms with Gasteiger partial charge in [-0.1, -0.05) is 30.3 Å². The third kappa shape index (κ3) is 5.03. The Morgan fingerprint density at radius 2 is 1.86 bits per heavy atom. The molecule has 28 heavy (non-hydrogen) atoms. The van der Waals surface area contributed by atoms with Crippen LogP contribution in [-0.2, 0) is 17.8 Å². The van der Waals surface area contributed by atoms with Crippen molar-refractivity contribution in [2.45, 2.75) is 31.8 Å². The Bertz CT molecular complexity index is 889. The summed E-state index contributed by atoms with van der Waals surface area (Å²) >= 11 is 1.59. The summed E-state index contributed by atoms with van der Waals surface area (Å²) in [6, 6.07) is 14.5. The molecule has 1 aliphatic heterocycles. The van der Waals surface area contributed by atoms with Crippen LogP contribution >= 0.6 is 11.3 Å². The second kappa shape index (κ2) is 9.08. The van der Waals surface area contributed by atoms with Crippen molar-refractivity contribution in [3.05, 3.63) is 71.5 Å². The summed E-state index contributed by atoms with van der Waals surface area (Å²) in [7, 11) is 0. The third-order valence-corrected chi connectivity index (χ3v) is 5.96. The van der Waals surface area contributed by atoms with Crippen molar-refractivity contribution in [2.75, 3.05) is 13.1 Å². The minimum Gasteiger partial charge on any atom is -0.353 e. The molecule has 0 bridgehead atoms. The fraction of sp³-hybridized carbons (Fsp3) is 0.318. The van der Waals surface area contributed by atoms with E-state index in [9.17, 15) is 4.79 Å². The summed E-state index contributed by atoms with van der Waals surface area (Å²) in [5, 5.41) is 6.14. The first kappa shape index (κ1) is 18.8. The molecule has 3 aromatic rings. The minimum atomic E-state index is 0.0671. The fourth-order valence-electron chi connectivity index (χ4n) is 3.53. The summed E-state index contributed by atoms with van der Waals surface area (Å²) in [5.74, 6) is 0.0671. The lowest BCUT2D eigenvalue weighted by Gasteiger charge is -2.32. The molecule has 4 rings (SSSR count). The highest BCUT2D eigenvalue weighted by molar-refractivity contribution is 7.13. The van der Waals surface area contributed by atoms with Gasteiger partial charge in [0.2, 0.25) is 5.91 Å². The molecule has 0 aliphatic carbocycles. The maximum Gasteiger partial charge on any atom is 0.226 e. The molecular weight excluding hydrogens is 368 g/mol. The number of rotatable bonds is 6. The largest absolute Gasteiger partial charge is 0.353 e. The number of hydrogen-bond donors (Lipinski definition) is 1. The highest BCUT2D eigenvalue weighted by Gasteiger charge is 2.21. The molecule has 3 heterocycles. The summed E-state index contributed by atoms with van der Waals surface area (Å²) in [5.41, 5.74) is 3.23. The number of aromatic nitrogens is 2. The van der Waals surface area contributed by atoms with Crippen molar-refractivity contribution >= 4 is 17.2 Å². The Morgan fingerprint density at radius 3 is 2.61 bits per heavy atom. The molecule has 5 nitrogen and oxygen atoms in total. The third-order valence-electron chi connectivity index (χ3n) is 5.02. The van der Waals surface area contributed by atoms with Gasteiger partial charge in [-0.05, 0) is 30.5 Å². The molecule has 1 aliphatic rings. The molecule has 0 radical (unpaired) electrons. The lowest BCUT2D eigenvalue weighted by Crippen LogP contribution is -2.44. The van der Waals surface area contributed by atoms with E-state index in [-0.39, 0.29) is 11.9 Å². The average Bonchev–Trinajstić information content (AvgIpc) is 3.19. The van der Waals surface area contributed by atoms with E-state index in [4.69, 9.17) is 0 Å². The van der Waals surface area contributed by atoms with Crippen LogP contribution in [0.25, 0.3) is 10.6 Å². The molecule has 2 aromatic heterocycles. The first-order valence-corrected chi connectivity index (χ1v) is 10.5. The zero-order valence-corrected chi connectivity index (χ0v) is 16.6. The molecule has 0 spiro atoms. The van der Waals surface area contributed by atoms with Crippen LogP contribution in [0.5, 0.6) is 0 Å². The second-order valence-corrected chi connectivity index (χ2v) is 8.02. The zero-order valence-electron chi connectivity index (χ0n) is 15.8. The number of likely N-dealkylation sites (tertiary alicyclic amines) is 1. The SMILES string of the molecule is O=C(Cc1csc(-c2ccccc2)n1)NC1CCN(Cc2ccncc2)CC1. The normalized spacial score (nSPS) is 15.4. The Balaban J connectivity index is 1.23. The molecule has 0 saturated carbocycles. The van der Waals surface area contributed by atoms with Gasteiger partial charge < -0.3 is 5.32 Å². The van der Waals surface area contributed by atoms with Crippen molar-refractivity contribution in [2.24, 2.45) is 0 Å². The van der Waals surface area contributed by atoms with E-state index in [0.717, 1.165) is 48.7 Å². The molecule has 1 N–H and O–H groups in total. The van der Waals surface area contributed by atoms with E-state index < -0.39 is 0 Å². The maximum atomic E-state index is 12.4. The van der Waals surface area contributed by atoms with Gasteiger partial charge in [0, 0.05) is 49.0 Å². The number of hydrogen-bond acceptors (Lipinski definition) is 5. The van der Waals surface area contributed by atoms with Gasteiger partial charge in [-0.15, -0.1) is 11.3 Å². The molecule has 1 aromatic carbocycles. The maximum absolute atomic E-state index is 12.4. The molecular formula is C22H24N4OS. The van der Waals surface area contributed by atoms with E-state index >= 15 is 0 Å². The molecule has 0 atom stereocenters. The number of pyridine rings is 1. The van der Waals surface area contributed by atoms with Crippen LogP contribution in [0.3, 0.4) is 0 Å². The van der Waals surface area contributed by atoms with Crippen molar-refractivity contribution < 1.29 is 4.79 Å². The Labute approximate surface area is 169 Å².